The standard InChI is InChI=1S/C25H36N4O3/c1-16-17(2)29(25(32)28-12-9-21(26)10-13-28)22-7-6-19(14-20(22)15-23(16)30)24(31)27-11-8-18-4-3-5-18/h6-7,14,16-18,21H,3-5,8-13,15,26H2,1-2H3,(H,27,31). The maximum Gasteiger partial charge on any atom is 0.324 e. The van der Waals surface area contributed by atoms with Gasteiger partial charge in [-0.05, 0) is 55.9 Å². The molecule has 4 rings (SSSR count). The predicted molar refractivity (Wildman–Crippen MR) is 125 cm³/mol. The molecular formula is C25H36N4O3. The Morgan fingerprint density at radius 3 is 2.50 bits per heavy atom. The molecule has 0 bridgehead atoms. The van der Waals surface area contributed by atoms with Crippen LogP contribution in [-0.4, -0.2) is 54.3 Å². The van der Waals surface area contributed by atoms with Crippen molar-refractivity contribution in [2.45, 2.75) is 70.9 Å². The van der Waals surface area contributed by atoms with Gasteiger partial charge in [0.1, 0.15) is 5.78 Å². The summed E-state index contributed by atoms with van der Waals surface area (Å²) in [6.07, 6.45) is 6.66. The third-order valence-electron chi connectivity index (χ3n) is 7.68. The first-order chi connectivity index (χ1) is 15.3. The van der Waals surface area contributed by atoms with E-state index in [1.54, 1.807) is 17.0 Å². The molecule has 0 spiro atoms. The average Bonchev–Trinajstić information content (AvgIpc) is 2.84. The molecule has 3 amide bonds. The second-order valence-electron chi connectivity index (χ2n) is 9.83. The number of ketones is 1. The van der Waals surface area contributed by atoms with Gasteiger partial charge in [0.05, 0.1) is 0 Å². The molecule has 1 saturated heterocycles. The number of carbonyl (C=O) groups excluding carboxylic acids is 3. The Hall–Kier alpha value is -2.41. The Morgan fingerprint density at radius 1 is 1.12 bits per heavy atom. The smallest absolute Gasteiger partial charge is 0.324 e. The summed E-state index contributed by atoms with van der Waals surface area (Å²) in [4.78, 5) is 42.7. The largest absolute Gasteiger partial charge is 0.352 e. The fourth-order valence-electron chi connectivity index (χ4n) is 4.96. The van der Waals surface area contributed by atoms with E-state index in [-0.39, 0.29) is 42.1 Å². The van der Waals surface area contributed by atoms with Crippen molar-refractivity contribution in [1.29, 1.82) is 0 Å². The van der Waals surface area contributed by atoms with Crippen molar-refractivity contribution in [3.63, 3.8) is 0 Å². The number of hydrogen-bond donors (Lipinski definition) is 2. The number of rotatable bonds is 4. The van der Waals surface area contributed by atoms with Crippen LogP contribution in [0.1, 0.15) is 68.3 Å². The summed E-state index contributed by atoms with van der Waals surface area (Å²) in [6.45, 7) is 5.76. The van der Waals surface area contributed by atoms with Gasteiger partial charge in [0.25, 0.3) is 5.91 Å². The Kier molecular flexibility index (Phi) is 6.84. The summed E-state index contributed by atoms with van der Waals surface area (Å²) in [7, 11) is 0. The summed E-state index contributed by atoms with van der Waals surface area (Å²) >= 11 is 0. The van der Waals surface area contributed by atoms with E-state index in [9.17, 15) is 14.4 Å². The van der Waals surface area contributed by atoms with E-state index in [0.717, 1.165) is 36.4 Å². The molecule has 7 heteroatoms. The van der Waals surface area contributed by atoms with E-state index in [0.29, 0.717) is 25.2 Å². The summed E-state index contributed by atoms with van der Waals surface area (Å²) in [5.74, 6) is 0.440. The highest BCUT2D eigenvalue weighted by molar-refractivity contribution is 6.00. The lowest BCUT2D eigenvalue weighted by atomic mass is 9.83. The molecule has 174 valence electrons. The van der Waals surface area contributed by atoms with E-state index in [1.165, 1.54) is 19.3 Å². The number of hydrogen-bond acceptors (Lipinski definition) is 4. The molecule has 2 fully saturated rings. The van der Waals surface area contributed by atoms with Crippen molar-refractivity contribution in [1.82, 2.24) is 10.2 Å². The number of carbonyl (C=O) groups is 3. The van der Waals surface area contributed by atoms with Crippen LogP contribution < -0.4 is 16.0 Å². The summed E-state index contributed by atoms with van der Waals surface area (Å²) in [5.41, 5.74) is 8.05. The van der Waals surface area contributed by atoms with Gasteiger partial charge in [0.15, 0.2) is 0 Å². The first-order valence-corrected chi connectivity index (χ1v) is 12.1. The van der Waals surface area contributed by atoms with Crippen LogP contribution in [0.25, 0.3) is 0 Å². The molecule has 1 aliphatic carbocycles. The van der Waals surface area contributed by atoms with E-state index in [2.05, 4.69) is 5.32 Å². The minimum Gasteiger partial charge on any atom is -0.352 e. The number of benzene rings is 1. The van der Waals surface area contributed by atoms with E-state index in [1.807, 2.05) is 24.8 Å². The highest BCUT2D eigenvalue weighted by atomic mass is 16.2. The first kappa shape index (κ1) is 22.8. The van der Waals surface area contributed by atoms with Gasteiger partial charge in [0, 0.05) is 55.3 Å². The summed E-state index contributed by atoms with van der Waals surface area (Å²) in [6, 6.07) is 5.21. The third kappa shape index (κ3) is 4.68. The van der Waals surface area contributed by atoms with Crippen LogP contribution in [0.2, 0.25) is 0 Å². The molecule has 2 heterocycles. The Balaban J connectivity index is 1.55. The van der Waals surface area contributed by atoms with Gasteiger partial charge < -0.3 is 16.0 Å². The van der Waals surface area contributed by atoms with Gasteiger partial charge in [-0.25, -0.2) is 4.79 Å². The highest BCUT2D eigenvalue weighted by Crippen LogP contribution is 2.33. The SMILES string of the molecule is CC1C(=O)Cc2cc(C(=O)NCCC3CCC3)ccc2N(C(=O)N2CCC(N)CC2)C1C. The molecule has 0 radical (unpaired) electrons. The summed E-state index contributed by atoms with van der Waals surface area (Å²) in [5, 5.41) is 3.01. The molecule has 2 atom stereocenters. The zero-order chi connectivity index (χ0) is 22.8. The Bertz CT molecular complexity index is 874. The second-order valence-corrected chi connectivity index (χ2v) is 9.83. The minimum absolute atomic E-state index is 0.0788. The number of Topliss-reactive ketones (excluding diaryl/α,β-unsaturated/α-hetero) is 1. The number of urea groups is 1. The zero-order valence-electron chi connectivity index (χ0n) is 19.3. The van der Waals surface area contributed by atoms with Crippen molar-refractivity contribution in [2.75, 3.05) is 24.5 Å². The molecular weight excluding hydrogens is 404 g/mol. The number of anilines is 1. The normalized spacial score (nSPS) is 24.5. The lowest BCUT2D eigenvalue weighted by Crippen LogP contribution is -2.53. The molecule has 7 nitrogen and oxygen atoms in total. The summed E-state index contributed by atoms with van der Waals surface area (Å²) < 4.78 is 0. The van der Waals surface area contributed by atoms with Crippen LogP contribution in [0, 0.1) is 11.8 Å². The second kappa shape index (κ2) is 9.61. The van der Waals surface area contributed by atoms with Gasteiger partial charge in [-0.2, -0.15) is 0 Å². The number of likely N-dealkylation sites (tertiary alicyclic amines) is 1. The van der Waals surface area contributed by atoms with E-state index < -0.39 is 0 Å². The monoisotopic (exact) mass is 440 g/mol. The number of nitrogens with one attached hydrogen (secondary N) is 1. The quantitative estimate of drug-likeness (QED) is 0.752. The molecule has 2 unspecified atom stereocenters. The van der Waals surface area contributed by atoms with Crippen LogP contribution in [-0.2, 0) is 11.2 Å². The van der Waals surface area contributed by atoms with Crippen molar-refractivity contribution in [2.24, 2.45) is 17.6 Å². The Morgan fingerprint density at radius 2 is 1.84 bits per heavy atom. The molecule has 1 saturated carbocycles. The van der Waals surface area contributed by atoms with Crippen LogP contribution in [0.3, 0.4) is 0 Å². The van der Waals surface area contributed by atoms with Gasteiger partial charge in [-0.3, -0.25) is 14.5 Å². The van der Waals surface area contributed by atoms with Crippen molar-refractivity contribution in [3.05, 3.63) is 29.3 Å². The zero-order valence-corrected chi connectivity index (χ0v) is 19.3. The third-order valence-corrected chi connectivity index (χ3v) is 7.68. The predicted octanol–water partition coefficient (Wildman–Crippen LogP) is 3.11. The number of piperidine rings is 1. The van der Waals surface area contributed by atoms with Crippen LogP contribution in [0.15, 0.2) is 18.2 Å². The van der Waals surface area contributed by atoms with Crippen LogP contribution >= 0.6 is 0 Å². The number of amides is 3. The molecule has 0 aromatic heterocycles. The fourth-order valence-corrected chi connectivity index (χ4v) is 4.96. The maximum atomic E-state index is 13.5. The first-order valence-electron chi connectivity index (χ1n) is 12.1. The van der Waals surface area contributed by atoms with Crippen molar-refractivity contribution in [3.8, 4) is 0 Å². The molecule has 32 heavy (non-hydrogen) atoms. The van der Waals surface area contributed by atoms with Crippen molar-refractivity contribution >= 4 is 23.4 Å². The minimum atomic E-state index is -0.279. The Labute approximate surface area is 190 Å². The van der Waals surface area contributed by atoms with Gasteiger partial charge >= 0.3 is 6.03 Å². The highest BCUT2D eigenvalue weighted by Gasteiger charge is 2.37. The number of fused-ring (bicyclic) bond motifs is 1. The number of nitrogens with two attached hydrogens (primary N) is 1. The lowest BCUT2D eigenvalue weighted by molar-refractivity contribution is -0.121. The van der Waals surface area contributed by atoms with Gasteiger partial charge in [-0.1, -0.05) is 26.2 Å². The van der Waals surface area contributed by atoms with Gasteiger partial charge in [0.2, 0.25) is 0 Å². The molecule has 1 aromatic carbocycles. The molecule has 3 aliphatic rings. The topological polar surface area (TPSA) is 95.7 Å². The maximum absolute atomic E-state index is 13.5. The fraction of sp³-hybridized carbons (Fsp3) is 0.640. The number of nitrogens with zero attached hydrogens (tertiary/aromatic N) is 2. The van der Waals surface area contributed by atoms with Crippen LogP contribution in [0.4, 0.5) is 10.5 Å². The molecule has 2 aliphatic heterocycles. The van der Waals surface area contributed by atoms with Crippen LogP contribution in [0.5, 0.6) is 0 Å². The molecule has 1 aromatic rings. The van der Waals surface area contributed by atoms with Gasteiger partial charge in [-0.15, -0.1) is 0 Å². The van der Waals surface area contributed by atoms with Crippen molar-refractivity contribution < 1.29 is 14.4 Å². The average molecular weight is 441 g/mol. The molecule has 3 N–H and O–H groups in total. The van der Waals surface area contributed by atoms with E-state index in [4.69, 9.17) is 5.73 Å². The van der Waals surface area contributed by atoms with E-state index >= 15 is 0 Å². The lowest BCUT2D eigenvalue weighted by Gasteiger charge is -2.38.